The van der Waals surface area contributed by atoms with E-state index in [-0.39, 0.29) is 10.6 Å². The highest BCUT2D eigenvalue weighted by atomic mass is 16.6. The van der Waals surface area contributed by atoms with Crippen LogP contribution in [0.1, 0.15) is 29.6 Å². The van der Waals surface area contributed by atoms with Gasteiger partial charge in [-0.15, -0.1) is 0 Å². The highest BCUT2D eigenvalue weighted by Gasteiger charge is 2.22. The van der Waals surface area contributed by atoms with Gasteiger partial charge in [-0.1, -0.05) is 25.1 Å². The molecule has 0 saturated carbocycles. The predicted octanol–water partition coefficient (Wildman–Crippen LogP) is 3.81. The van der Waals surface area contributed by atoms with Crippen molar-refractivity contribution in [2.75, 3.05) is 7.05 Å². The number of para-hydroxylation sites is 1. The zero-order chi connectivity index (χ0) is 18.1. The Bertz CT molecular complexity index is 926. The molecule has 0 fully saturated rings. The van der Waals surface area contributed by atoms with E-state index in [0.29, 0.717) is 24.6 Å². The summed E-state index contributed by atoms with van der Waals surface area (Å²) in [6.45, 7) is 6.64. The van der Waals surface area contributed by atoms with Gasteiger partial charge in [0.15, 0.2) is 0 Å². The minimum absolute atomic E-state index is 0.0939. The number of aryl methyl sites for hydroxylation is 2. The second kappa shape index (κ2) is 6.68. The van der Waals surface area contributed by atoms with Gasteiger partial charge < -0.3 is 4.42 Å². The average molecular weight is 342 g/mol. The van der Waals surface area contributed by atoms with Crippen LogP contribution in [0.3, 0.4) is 0 Å². The smallest absolute Gasteiger partial charge is 0.312 e. The van der Waals surface area contributed by atoms with E-state index in [1.807, 2.05) is 25.2 Å². The third-order valence-electron chi connectivity index (χ3n) is 4.43. The van der Waals surface area contributed by atoms with Gasteiger partial charge in [0, 0.05) is 23.9 Å². The molecule has 0 unspecified atom stereocenters. The van der Waals surface area contributed by atoms with Crippen molar-refractivity contribution in [3.8, 4) is 0 Å². The first kappa shape index (κ1) is 17.2. The lowest BCUT2D eigenvalue weighted by molar-refractivity contribution is -0.386. The van der Waals surface area contributed by atoms with Crippen molar-refractivity contribution < 1.29 is 9.34 Å². The van der Waals surface area contributed by atoms with Crippen molar-refractivity contribution in [2.45, 2.75) is 40.4 Å². The van der Waals surface area contributed by atoms with Crippen molar-refractivity contribution in [3.63, 3.8) is 0 Å². The standard InChI is InChI=1S/C18H22N4O3/c1-5-16-15(14-8-6-7-9-17(14)25-16)10-20(4)11-21-13(3)18(22(23)24)12(2)19-21/h6-9H,5,10-11H2,1-4H3. The Labute approximate surface area is 146 Å². The van der Waals surface area contributed by atoms with Gasteiger partial charge in [-0.05, 0) is 27.0 Å². The Kier molecular flexibility index (Phi) is 4.59. The number of fused-ring (bicyclic) bond motifs is 1. The van der Waals surface area contributed by atoms with E-state index in [0.717, 1.165) is 28.7 Å². The van der Waals surface area contributed by atoms with Crippen LogP contribution in [-0.4, -0.2) is 26.7 Å². The Balaban J connectivity index is 1.85. The first-order chi connectivity index (χ1) is 11.9. The van der Waals surface area contributed by atoms with Crippen molar-refractivity contribution in [1.82, 2.24) is 14.7 Å². The second-order valence-electron chi connectivity index (χ2n) is 6.29. The molecule has 0 spiro atoms. The maximum atomic E-state index is 11.2. The molecule has 7 nitrogen and oxygen atoms in total. The number of aromatic nitrogens is 2. The normalized spacial score (nSPS) is 11.6. The Morgan fingerprint density at radius 3 is 2.68 bits per heavy atom. The summed E-state index contributed by atoms with van der Waals surface area (Å²) in [5.41, 5.74) is 3.17. The third kappa shape index (κ3) is 3.15. The number of hydrogen-bond acceptors (Lipinski definition) is 5. The molecule has 0 atom stereocenters. The Morgan fingerprint density at radius 1 is 1.32 bits per heavy atom. The minimum atomic E-state index is -0.368. The van der Waals surface area contributed by atoms with Crippen LogP contribution in [0.25, 0.3) is 11.0 Å². The van der Waals surface area contributed by atoms with Gasteiger partial charge in [0.05, 0.1) is 11.6 Å². The van der Waals surface area contributed by atoms with Crippen molar-refractivity contribution in [2.24, 2.45) is 0 Å². The number of furan rings is 1. The van der Waals surface area contributed by atoms with E-state index < -0.39 is 0 Å². The molecule has 1 aromatic carbocycles. The summed E-state index contributed by atoms with van der Waals surface area (Å²) in [5.74, 6) is 0.979. The predicted molar refractivity (Wildman–Crippen MR) is 95.4 cm³/mol. The molecule has 3 aromatic rings. The first-order valence-corrected chi connectivity index (χ1v) is 8.28. The molecule has 0 amide bonds. The first-order valence-electron chi connectivity index (χ1n) is 8.28. The van der Waals surface area contributed by atoms with E-state index in [2.05, 4.69) is 23.0 Å². The number of benzene rings is 1. The zero-order valence-electron chi connectivity index (χ0n) is 14.9. The van der Waals surface area contributed by atoms with Crippen LogP contribution < -0.4 is 0 Å². The molecular weight excluding hydrogens is 320 g/mol. The molecule has 2 heterocycles. The van der Waals surface area contributed by atoms with E-state index in [1.54, 1.807) is 18.5 Å². The number of rotatable bonds is 6. The number of nitro groups is 1. The molecule has 0 aliphatic heterocycles. The molecular formula is C18H22N4O3. The monoisotopic (exact) mass is 342 g/mol. The van der Waals surface area contributed by atoms with Gasteiger partial charge in [0.1, 0.15) is 22.7 Å². The molecule has 0 aliphatic carbocycles. The fourth-order valence-corrected chi connectivity index (χ4v) is 3.25. The van der Waals surface area contributed by atoms with Crippen LogP contribution in [0.4, 0.5) is 5.69 Å². The lowest BCUT2D eigenvalue weighted by Crippen LogP contribution is -2.23. The number of hydrogen-bond donors (Lipinski definition) is 0. The van der Waals surface area contributed by atoms with Crippen LogP contribution in [-0.2, 0) is 19.6 Å². The third-order valence-corrected chi connectivity index (χ3v) is 4.43. The molecule has 0 radical (unpaired) electrons. The van der Waals surface area contributed by atoms with Gasteiger partial charge in [0.2, 0.25) is 0 Å². The lowest BCUT2D eigenvalue weighted by Gasteiger charge is -2.17. The maximum absolute atomic E-state index is 11.2. The van der Waals surface area contributed by atoms with E-state index in [1.165, 1.54) is 0 Å². The minimum Gasteiger partial charge on any atom is -0.461 e. The average Bonchev–Trinajstić information content (AvgIpc) is 3.05. The second-order valence-corrected chi connectivity index (χ2v) is 6.29. The van der Waals surface area contributed by atoms with Gasteiger partial charge in [0.25, 0.3) is 0 Å². The van der Waals surface area contributed by atoms with E-state index in [4.69, 9.17) is 4.42 Å². The Morgan fingerprint density at radius 2 is 2.04 bits per heavy atom. The molecule has 25 heavy (non-hydrogen) atoms. The Hall–Kier alpha value is -2.67. The van der Waals surface area contributed by atoms with Gasteiger partial charge in [-0.3, -0.25) is 15.0 Å². The summed E-state index contributed by atoms with van der Waals surface area (Å²) in [6, 6.07) is 8.01. The molecule has 0 aliphatic rings. The SMILES string of the molecule is CCc1oc2ccccc2c1CN(C)Cn1nc(C)c([N+](=O)[O-])c1C. The number of nitrogens with zero attached hydrogens (tertiary/aromatic N) is 4. The van der Waals surface area contributed by atoms with Crippen LogP contribution in [0.2, 0.25) is 0 Å². The van der Waals surface area contributed by atoms with Crippen molar-refractivity contribution >= 4 is 16.7 Å². The molecule has 2 aromatic heterocycles. The van der Waals surface area contributed by atoms with E-state index >= 15 is 0 Å². The summed E-state index contributed by atoms with van der Waals surface area (Å²) >= 11 is 0. The molecule has 132 valence electrons. The molecule has 0 bridgehead atoms. The van der Waals surface area contributed by atoms with Crippen molar-refractivity contribution in [1.29, 1.82) is 0 Å². The molecule has 7 heteroatoms. The molecule has 0 saturated heterocycles. The van der Waals surface area contributed by atoms with Gasteiger partial charge in [-0.25, -0.2) is 4.68 Å². The topological polar surface area (TPSA) is 77.3 Å². The lowest BCUT2D eigenvalue weighted by atomic mass is 10.1. The summed E-state index contributed by atoms with van der Waals surface area (Å²) in [5, 5.41) is 16.6. The summed E-state index contributed by atoms with van der Waals surface area (Å²) in [4.78, 5) is 12.9. The summed E-state index contributed by atoms with van der Waals surface area (Å²) in [7, 11) is 1.98. The highest BCUT2D eigenvalue weighted by molar-refractivity contribution is 5.82. The van der Waals surface area contributed by atoms with Crippen molar-refractivity contribution in [3.05, 3.63) is 57.1 Å². The van der Waals surface area contributed by atoms with Crippen LogP contribution in [0.15, 0.2) is 28.7 Å². The summed E-state index contributed by atoms with van der Waals surface area (Å²) < 4.78 is 7.62. The molecule has 3 rings (SSSR count). The quantitative estimate of drug-likeness (QED) is 0.503. The molecule has 0 N–H and O–H groups in total. The van der Waals surface area contributed by atoms with Gasteiger partial charge >= 0.3 is 5.69 Å². The van der Waals surface area contributed by atoms with Gasteiger partial charge in [-0.2, -0.15) is 5.10 Å². The largest absolute Gasteiger partial charge is 0.461 e. The van der Waals surface area contributed by atoms with Crippen LogP contribution >= 0.6 is 0 Å². The fourth-order valence-electron chi connectivity index (χ4n) is 3.25. The fraction of sp³-hybridized carbons (Fsp3) is 0.389. The van der Waals surface area contributed by atoms with E-state index in [9.17, 15) is 10.1 Å². The van der Waals surface area contributed by atoms with Crippen LogP contribution in [0.5, 0.6) is 0 Å². The van der Waals surface area contributed by atoms with Crippen LogP contribution in [0, 0.1) is 24.0 Å². The maximum Gasteiger partial charge on any atom is 0.312 e. The zero-order valence-corrected chi connectivity index (χ0v) is 14.9. The summed E-state index contributed by atoms with van der Waals surface area (Å²) in [6.07, 6.45) is 0.823. The highest BCUT2D eigenvalue weighted by Crippen LogP contribution is 2.28.